The minimum absolute atomic E-state index is 0.0269. The Kier molecular flexibility index (Phi) is 4.92. The van der Waals surface area contributed by atoms with Gasteiger partial charge in [-0.15, -0.1) is 11.8 Å². The summed E-state index contributed by atoms with van der Waals surface area (Å²) in [5, 5.41) is 0. The predicted octanol–water partition coefficient (Wildman–Crippen LogP) is 4.41. The van der Waals surface area contributed by atoms with Crippen LogP contribution in [0.25, 0.3) is 0 Å². The van der Waals surface area contributed by atoms with Crippen molar-refractivity contribution in [3.05, 3.63) is 46.9 Å². The Bertz CT molecular complexity index is 491. The molecule has 0 bridgehead atoms. The van der Waals surface area contributed by atoms with Crippen LogP contribution in [0.15, 0.2) is 41.3 Å². The van der Waals surface area contributed by atoms with Gasteiger partial charge in [-0.3, -0.25) is 4.79 Å². The number of rotatable bonds is 4. The first-order valence-electron chi connectivity index (χ1n) is 6.99. The number of methoxy groups -OCH3 is 1. The summed E-state index contributed by atoms with van der Waals surface area (Å²) in [6, 6.07) is 10.4. The second-order valence-corrected chi connectivity index (χ2v) is 6.91. The summed E-state index contributed by atoms with van der Waals surface area (Å²) in [6.07, 6.45) is 4.28. The van der Waals surface area contributed by atoms with Gasteiger partial charge in [-0.05, 0) is 28.7 Å². The van der Waals surface area contributed by atoms with E-state index in [1.165, 1.54) is 12.7 Å². The second kappa shape index (κ2) is 6.49. The lowest BCUT2D eigenvalue weighted by Gasteiger charge is -2.37. The van der Waals surface area contributed by atoms with Crippen LogP contribution in [0, 0.1) is 11.3 Å². The molecule has 1 atom stereocenters. The highest BCUT2D eigenvalue weighted by Crippen LogP contribution is 2.46. The number of hydrogen-bond acceptors (Lipinski definition) is 3. The van der Waals surface area contributed by atoms with E-state index >= 15 is 0 Å². The smallest absolute Gasteiger partial charge is 0.314 e. The monoisotopic (exact) mass is 290 g/mol. The van der Waals surface area contributed by atoms with Gasteiger partial charge in [0.15, 0.2) is 0 Å². The van der Waals surface area contributed by atoms with Crippen LogP contribution in [-0.2, 0) is 15.3 Å². The molecule has 0 fully saturated rings. The normalized spacial score (nSPS) is 21.1. The number of hydrogen-bond donors (Lipinski definition) is 0. The molecule has 0 radical (unpaired) electrons. The standard InChI is InChI=1S/C17H22O2S/c1-17(2)11-7-10-14(15(17)16(18)19-3)20-12-13-8-5-4-6-9-13/h4-6,8-10,15H,7,11-12H2,1-3H3. The molecule has 0 amide bonds. The molecular weight excluding hydrogens is 268 g/mol. The van der Waals surface area contributed by atoms with Crippen LogP contribution in [0.1, 0.15) is 32.3 Å². The first-order valence-corrected chi connectivity index (χ1v) is 7.98. The van der Waals surface area contributed by atoms with E-state index in [-0.39, 0.29) is 17.3 Å². The minimum Gasteiger partial charge on any atom is -0.469 e. The van der Waals surface area contributed by atoms with Crippen LogP contribution >= 0.6 is 11.8 Å². The van der Waals surface area contributed by atoms with Crippen molar-refractivity contribution < 1.29 is 9.53 Å². The Balaban J connectivity index is 2.12. The van der Waals surface area contributed by atoms with Crippen molar-refractivity contribution in [2.75, 3.05) is 7.11 Å². The molecule has 0 spiro atoms. The fourth-order valence-electron chi connectivity index (χ4n) is 2.67. The maximum Gasteiger partial charge on any atom is 0.314 e. The Labute approximate surface area is 125 Å². The van der Waals surface area contributed by atoms with Crippen LogP contribution in [0.2, 0.25) is 0 Å². The molecule has 0 aliphatic heterocycles. The molecule has 1 aromatic rings. The molecule has 1 aliphatic carbocycles. The molecule has 20 heavy (non-hydrogen) atoms. The van der Waals surface area contributed by atoms with Gasteiger partial charge in [-0.2, -0.15) is 0 Å². The van der Waals surface area contributed by atoms with Crippen LogP contribution < -0.4 is 0 Å². The highest BCUT2D eigenvalue weighted by atomic mass is 32.2. The molecule has 2 rings (SSSR count). The van der Waals surface area contributed by atoms with E-state index in [1.807, 2.05) is 18.2 Å². The van der Waals surface area contributed by atoms with Gasteiger partial charge in [0.05, 0.1) is 13.0 Å². The van der Waals surface area contributed by atoms with Gasteiger partial charge in [0.25, 0.3) is 0 Å². The summed E-state index contributed by atoms with van der Waals surface area (Å²) in [7, 11) is 1.48. The van der Waals surface area contributed by atoms with E-state index in [0.29, 0.717) is 0 Å². The van der Waals surface area contributed by atoms with Gasteiger partial charge < -0.3 is 4.74 Å². The zero-order chi connectivity index (χ0) is 14.6. The van der Waals surface area contributed by atoms with Crippen molar-refractivity contribution in [2.45, 2.75) is 32.4 Å². The van der Waals surface area contributed by atoms with Gasteiger partial charge in [-0.25, -0.2) is 0 Å². The summed E-state index contributed by atoms with van der Waals surface area (Å²) < 4.78 is 5.01. The largest absolute Gasteiger partial charge is 0.469 e. The molecule has 1 aromatic carbocycles. The number of ether oxygens (including phenoxy) is 1. The Morgan fingerprint density at radius 1 is 1.35 bits per heavy atom. The fraction of sp³-hybridized carbons (Fsp3) is 0.471. The Morgan fingerprint density at radius 3 is 2.70 bits per heavy atom. The summed E-state index contributed by atoms with van der Waals surface area (Å²) >= 11 is 1.76. The summed E-state index contributed by atoms with van der Waals surface area (Å²) in [5.74, 6) is 0.660. The van der Waals surface area contributed by atoms with E-state index in [0.717, 1.165) is 23.5 Å². The molecule has 0 aromatic heterocycles. The van der Waals surface area contributed by atoms with Crippen molar-refractivity contribution in [2.24, 2.45) is 11.3 Å². The van der Waals surface area contributed by atoms with E-state index in [4.69, 9.17) is 4.74 Å². The van der Waals surface area contributed by atoms with Crippen molar-refractivity contribution in [1.82, 2.24) is 0 Å². The summed E-state index contributed by atoms with van der Waals surface area (Å²) in [6.45, 7) is 4.31. The number of carbonyl (C=O) groups excluding carboxylic acids is 1. The third-order valence-electron chi connectivity index (χ3n) is 3.89. The quantitative estimate of drug-likeness (QED) is 0.768. The number of allylic oxidation sites excluding steroid dienone is 1. The first kappa shape index (κ1) is 15.2. The molecule has 108 valence electrons. The fourth-order valence-corrected chi connectivity index (χ4v) is 4.01. The number of carbonyl (C=O) groups is 1. The van der Waals surface area contributed by atoms with Gasteiger partial charge in [0.2, 0.25) is 0 Å². The maximum absolute atomic E-state index is 12.1. The predicted molar refractivity (Wildman–Crippen MR) is 84.3 cm³/mol. The molecule has 0 heterocycles. The van der Waals surface area contributed by atoms with E-state index in [2.05, 4.69) is 32.1 Å². The van der Waals surface area contributed by atoms with Crippen molar-refractivity contribution in [1.29, 1.82) is 0 Å². The van der Waals surface area contributed by atoms with Gasteiger partial charge in [0, 0.05) is 5.75 Å². The molecule has 0 saturated carbocycles. The van der Waals surface area contributed by atoms with Gasteiger partial charge in [0.1, 0.15) is 0 Å². The summed E-state index contributed by atoms with van der Waals surface area (Å²) in [5.41, 5.74) is 1.26. The van der Waals surface area contributed by atoms with Crippen molar-refractivity contribution in [3.8, 4) is 0 Å². The molecule has 1 aliphatic rings. The van der Waals surface area contributed by atoms with Gasteiger partial charge >= 0.3 is 5.97 Å². The zero-order valence-corrected chi connectivity index (χ0v) is 13.2. The third kappa shape index (κ3) is 3.45. The topological polar surface area (TPSA) is 26.3 Å². The lowest BCUT2D eigenvalue weighted by molar-refractivity contribution is -0.147. The van der Waals surface area contributed by atoms with Gasteiger partial charge in [-0.1, -0.05) is 50.3 Å². The molecule has 0 saturated heterocycles. The van der Waals surface area contributed by atoms with Crippen LogP contribution in [0.3, 0.4) is 0 Å². The van der Waals surface area contributed by atoms with E-state index < -0.39 is 0 Å². The maximum atomic E-state index is 12.1. The lowest BCUT2D eigenvalue weighted by Crippen LogP contribution is -2.35. The SMILES string of the molecule is COC(=O)C1C(SCc2ccccc2)=CCCC1(C)C. The highest BCUT2D eigenvalue weighted by Gasteiger charge is 2.40. The Hall–Kier alpha value is -1.22. The molecule has 1 unspecified atom stereocenters. The molecular formula is C17H22O2S. The molecule has 3 heteroatoms. The highest BCUT2D eigenvalue weighted by molar-refractivity contribution is 8.02. The summed E-state index contributed by atoms with van der Waals surface area (Å²) in [4.78, 5) is 13.3. The average molecular weight is 290 g/mol. The Morgan fingerprint density at radius 2 is 2.05 bits per heavy atom. The first-order chi connectivity index (χ1) is 9.54. The minimum atomic E-state index is -0.130. The van der Waals surface area contributed by atoms with E-state index in [9.17, 15) is 4.79 Å². The zero-order valence-electron chi connectivity index (χ0n) is 12.4. The number of thioether (sulfide) groups is 1. The molecule has 0 N–H and O–H groups in total. The number of benzene rings is 1. The van der Waals surface area contributed by atoms with Crippen molar-refractivity contribution >= 4 is 17.7 Å². The second-order valence-electron chi connectivity index (χ2n) is 5.86. The lowest BCUT2D eigenvalue weighted by atomic mass is 9.72. The van der Waals surface area contributed by atoms with Crippen LogP contribution in [-0.4, -0.2) is 13.1 Å². The molecule has 2 nitrogen and oxygen atoms in total. The van der Waals surface area contributed by atoms with Crippen LogP contribution in [0.4, 0.5) is 0 Å². The average Bonchev–Trinajstić information content (AvgIpc) is 2.44. The number of esters is 1. The van der Waals surface area contributed by atoms with Crippen LogP contribution in [0.5, 0.6) is 0 Å². The third-order valence-corrected chi connectivity index (χ3v) is 5.10. The van der Waals surface area contributed by atoms with Crippen molar-refractivity contribution in [3.63, 3.8) is 0 Å². The van der Waals surface area contributed by atoms with E-state index in [1.54, 1.807) is 11.8 Å².